The van der Waals surface area contributed by atoms with E-state index in [1.165, 1.54) is 0 Å². The number of thioether (sulfide) groups is 1. The topological polar surface area (TPSA) is 37.3 Å². The van der Waals surface area contributed by atoms with Gasteiger partial charge in [-0.25, -0.2) is 0 Å². The van der Waals surface area contributed by atoms with Crippen LogP contribution in [0.25, 0.3) is 0 Å². The highest BCUT2D eigenvalue weighted by molar-refractivity contribution is 7.99. The van der Waals surface area contributed by atoms with Crippen molar-refractivity contribution in [2.75, 3.05) is 11.5 Å². The molecule has 1 aliphatic rings. The first-order valence-electron chi connectivity index (χ1n) is 5.58. The van der Waals surface area contributed by atoms with Crippen molar-refractivity contribution < 1.29 is 9.90 Å². The lowest BCUT2D eigenvalue weighted by atomic mass is 9.76. The van der Waals surface area contributed by atoms with E-state index in [1.54, 1.807) is 0 Å². The summed E-state index contributed by atoms with van der Waals surface area (Å²) in [5.41, 5.74) is 0.615. The van der Waals surface area contributed by atoms with Gasteiger partial charge in [-0.2, -0.15) is 11.8 Å². The molecule has 3 heteroatoms. The van der Waals surface area contributed by atoms with E-state index in [2.05, 4.69) is 0 Å². The van der Waals surface area contributed by atoms with Crippen LogP contribution in [0.3, 0.4) is 0 Å². The number of hydrogen-bond acceptors (Lipinski definition) is 2. The molecule has 0 aliphatic carbocycles. The fraction of sp³-hybridized carbons (Fsp3) is 0.462. The van der Waals surface area contributed by atoms with Crippen LogP contribution in [0.5, 0.6) is 0 Å². The molecule has 1 heterocycles. The molecule has 1 aromatic carbocycles. The molecule has 1 aliphatic heterocycles. The van der Waals surface area contributed by atoms with Gasteiger partial charge in [-0.15, -0.1) is 0 Å². The molecule has 0 amide bonds. The molecule has 0 bridgehead atoms. The normalized spacial score (nSPS) is 19.2. The summed E-state index contributed by atoms with van der Waals surface area (Å²) in [6.07, 6.45) is 2.26. The zero-order valence-corrected chi connectivity index (χ0v) is 10.0. The minimum atomic E-state index is -0.628. The van der Waals surface area contributed by atoms with Crippen LogP contribution in [-0.2, 0) is 11.2 Å². The number of carboxylic acids is 1. The third-order valence-electron chi connectivity index (χ3n) is 3.29. The molecule has 0 atom stereocenters. The predicted molar refractivity (Wildman–Crippen MR) is 66.8 cm³/mol. The van der Waals surface area contributed by atoms with Crippen molar-refractivity contribution in [1.29, 1.82) is 0 Å². The van der Waals surface area contributed by atoms with Gasteiger partial charge in [-0.05, 0) is 36.3 Å². The average molecular weight is 236 g/mol. The molecule has 86 valence electrons. The van der Waals surface area contributed by atoms with Crippen LogP contribution < -0.4 is 0 Å². The number of carbonyl (C=O) groups is 1. The lowest BCUT2D eigenvalue weighted by molar-refractivity contribution is -0.149. The number of rotatable bonds is 3. The molecular weight excluding hydrogens is 220 g/mol. The molecule has 1 aromatic rings. The second kappa shape index (κ2) is 4.91. The Morgan fingerprint density at radius 2 is 1.88 bits per heavy atom. The minimum Gasteiger partial charge on any atom is -0.481 e. The van der Waals surface area contributed by atoms with Gasteiger partial charge < -0.3 is 5.11 Å². The maximum Gasteiger partial charge on any atom is 0.310 e. The summed E-state index contributed by atoms with van der Waals surface area (Å²) in [6, 6.07) is 9.96. The smallest absolute Gasteiger partial charge is 0.310 e. The Morgan fingerprint density at radius 1 is 1.25 bits per heavy atom. The maximum atomic E-state index is 11.5. The predicted octanol–water partition coefficient (Wildman–Crippen LogP) is 2.83. The average Bonchev–Trinajstić information content (AvgIpc) is 2.31. The molecule has 0 radical (unpaired) electrons. The Labute approximate surface area is 100 Å². The van der Waals surface area contributed by atoms with Crippen LogP contribution in [0.15, 0.2) is 30.3 Å². The summed E-state index contributed by atoms with van der Waals surface area (Å²) >= 11 is 1.86. The zero-order valence-electron chi connectivity index (χ0n) is 9.19. The van der Waals surface area contributed by atoms with E-state index < -0.39 is 11.4 Å². The first-order valence-corrected chi connectivity index (χ1v) is 6.73. The van der Waals surface area contributed by atoms with Crippen molar-refractivity contribution in [3.05, 3.63) is 35.9 Å². The molecule has 0 aromatic heterocycles. The zero-order chi connectivity index (χ0) is 11.4. The van der Waals surface area contributed by atoms with E-state index in [4.69, 9.17) is 0 Å². The molecule has 1 N–H and O–H groups in total. The van der Waals surface area contributed by atoms with Gasteiger partial charge >= 0.3 is 5.97 Å². The maximum absolute atomic E-state index is 11.5. The third-order valence-corrected chi connectivity index (χ3v) is 4.27. The molecule has 0 unspecified atom stereocenters. The fourth-order valence-electron chi connectivity index (χ4n) is 2.21. The third kappa shape index (κ3) is 2.40. The summed E-state index contributed by atoms with van der Waals surface area (Å²) in [7, 11) is 0. The Bertz CT molecular complexity index is 355. The van der Waals surface area contributed by atoms with Crippen molar-refractivity contribution in [3.63, 3.8) is 0 Å². The summed E-state index contributed by atoms with van der Waals surface area (Å²) < 4.78 is 0. The van der Waals surface area contributed by atoms with E-state index in [0.717, 1.165) is 29.9 Å². The van der Waals surface area contributed by atoms with E-state index in [1.807, 2.05) is 42.1 Å². The van der Waals surface area contributed by atoms with Gasteiger partial charge in [0.05, 0.1) is 5.41 Å². The lowest BCUT2D eigenvalue weighted by Crippen LogP contribution is -2.37. The van der Waals surface area contributed by atoms with Crippen molar-refractivity contribution >= 4 is 17.7 Å². The van der Waals surface area contributed by atoms with Gasteiger partial charge in [-0.1, -0.05) is 30.3 Å². The Kier molecular flexibility index (Phi) is 3.54. The molecule has 1 fully saturated rings. The summed E-state index contributed by atoms with van der Waals surface area (Å²) in [5, 5.41) is 9.44. The molecule has 1 saturated heterocycles. The Morgan fingerprint density at radius 3 is 2.44 bits per heavy atom. The molecule has 0 saturated carbocycles. The summed E-state index contributed by atoms with van der Waals surface area (Å²) in [6.45, 7) is 0. The van der Waals surface area contributed by atoms with Crippen molar-refractivity contribution in [2.45, 2.75) is 19.3 Å². The van der Waals surface area contributed by atoms with E-state index >= 15 is 0 Å². The monoisotopic (exact) mass is 236 g/mol. The molecule has 16 heavy (non-hydrogen) atoms. The van der Waals surface area contributed by atoms with Gasteiger partial charge in [0.15, 0.2) is 0 Å². The SMILES string of the molecule is O=C(O)C1(Cc2ccccc2)CCSCC1. The number of aliphatic carboxylic acids is 1. The van der Waals surface area contributed by atoms with Crippen molar-refractivity contribution in [2.24, 2.45) is 5.41 Å². The fourth-order valence-corrected chi connectivity index (χ4v) is 3.49. The Hall–Kier alpha value is -0.960. The van der Waals surface area contributed by atoms with Crippen LogP contribution in [0.4, 0.5) is 0 Å². The van der Waals surface area contributed by atoms with Crippen LogP contribution in [0.2, 0.25) is 0 Å². The largest absolute Gasteiger partial charge is 0.481 e. The molecule has 2 rings (SSSR count). The number of carboxylic acid groups (broad SMARTS) is 1. The highest BCUT2D eigenvalue weighted by Gasteiger charge is 2.39. The molecular formula is C13H16O2S. The van der Waals surface area contributed by atoms with E-state index in [0.29, 0.717) is 6.42 Å². The van der Waals surface area contributed by atoms with Gasteiger partial charge in [0.25, 0.3) is 0 Å². The first kappa shape index (κ1) is 11.5. The second-order valence-corrected chi connectivity index (χ2v) is 5.58. The van der Waals surface area contributed by atoms with Crippen molar-refractivity contribution in [1.82, 2.24) is 0 Å². The Balaban J connectivity index is 2.17. The van der Waals surface area contributed by atoms with Crippen LogP contribution >= 0.6 is 11.8 Å². The highest BCUT2D eigenvalue weighted by atomic mass is 32.2. The van der Waals surface area contributed by atoms with E-state index in [-0.39, 0.29) is 0 Å². The molecule has 2 nitrogen and oxygen atoms in total. The van der Waals surface area contributed by atoms with Crippen LogP contribution in [-0.4, -0.2) is 22.6 Å². The standard InChI is InChI=1S/C13H16O2S/c14-12(15)13(6-8-16-9-7-13)10-11-4-2-1-3-5-11/h1-5H,6-10H2,(H,14,15). The quantitative estimate of drug-likeness (QED) is 0.877. The first-order chi connectivity index (χ1) is 7.73. The van der Waals surface area contributed by atoms with Gasteiger partial charge in [0.2, 0.25) is 0 Å². The van der Waals surface area contributed by atoms with E-state index in [9.17, 15) is 9.90 Å². The van der Waals surface area contributed by atoms with Gasteiger partial charge in [0.1, 0.15) is 0 Å². The van der Waals surface area contributed by atoms with Crippen molar-refractivity contribution in [3.8, 4) is 0 Å². The van der Waals surface area contributed by atoms with Gasteiger partial charge in [-0.3, -0.25) is 4.79 Å². The number of benzene rings is 1. The van der Waals surface area contributed by atoms with Crippen LogP contribution in [0.1, 0.15) is 18.4 Å². The van der Waals surface area contributed by atoms with Crippen LogP contribution in [0, 0.1) is 5.41 Å². The van der Waals surface area contributed by atoms with Gasteiger partial charge in [0, 0.05) is 0 Å². The summed E-state index contributed by atoms with van der Waals surface area (Å²) in [4.78, 5) is 11.5. The minimum absolute atomic E-state index is 0.521. The molecule has 0 spiro atoms. The lowest BCUT2D eigenvalue weighted by Gasteiger charge is -2.32. The second-order valence-electron chi connectivity index (χ2n) is 4.36. The highest BCUT2D eigenvalue weighted by Crippen LogP contribution is 2.38. The summed E-state index contributed by atoms with van der Waals surface area (Å²) in [5.74, 6) is 1.31. The number of hydrogen-bond donors (Lipinski definition) is 1.